The summed E-state index contributed by atoms with van der Waals surface area (Å²) >= 11 is 0. The quantitative estimate of drug-likeness (QED) is 0.448. The van der Waals surface area contributed by atoms with Crippen LogP contribution in [-0.2, 0) is 17.8 Å². The molecule has 6 heteroatoms. The Hall–Kier alpha value is -4.06. The second-order valence-electron chi connectivity index (χ2n) is 8.05. The first-order chi connectivity index (χ1) is 16.2. The molecule has 1 aliphatic rings. The van der Waals surface area contributed by atoms with Gasteiger partial charge in [-0.05, 0) is 60.4 Å². The molecule has 5 rings (SSSR count). The molecule has 0 fully saturated rings. The molecular weight excluding hydrogens is 414 g/mol. The van der Waals surface area contributed by atoms with Crippen LogP contribution in [0.25, 0.3) is 16.9 Å². The molecule has 0 bridgehead atoms. The standard InChI is InChI=1S/C27H25N3O3/c1-19-7-5-6-8-21(19)16-28-26(31)14-12-22-17-30(23-9-3-2-4-10-23)29-27(22)20-11-13-24-25(15-20)33-18-32-24/h2-11,13,15,17H,12,14,16,18H2,1H3,(H,28,31). The Balaban J connectivity index is 1.36. The number of aromatic nitrogens is 2. The minimum absolute atomic E-state index is 0.0161. The van der Waals surface area contributed by atoms with Crippen LogP contribution >= 0.6 is 0 Å². The van der Waals surface area contributed by atoms with Crippen LogP contribution in [0, 0.1) is 6.92 Å². The van der Waals surface area contributed by atoms with Crippen molar-refractivity contribution in [3.05, 3.63) is 95.7 Å². The van der Waals surface area contributed by atoms with Crippen molar-refractivity contribution in [2.75, 3.05) is 6.79 Å². The van der Waals surface area contributed by atoms with Crippen LogP contribution in [0.5, 0.6) is 11.5 Å². The van der Waals surface area contributed by atoms with E-state index < -0.39 is 0 Å². The lowest BCUT2D eigenvalue weighted by Gasteiger charge is -2.08. The largest absolute Gasteiger partial charge is 0.454 e. The molecule has 0 saturated carbocycles. The lowest BCUT2D eigenvalue weighted by atomic mass is 10.0. The molecule has 0 spiro atoms. The number of para-hydroxylation sites is 1. The zero-order valence-electron chi connectivity index (χ0n) is 18.5. The van der Waals surface area contributed by atoms with Crippen LogP contribution in [0.4, 0.5) is 0 Å². The molecule has 4 aromatic rings. The summed E-state index contributed by atoms with van der Waals surface area (Å²) in [7, 11) is 0. The lowest BCUT2D eigenvalue weighted by Crippen LogP contribution is -2.23. The summed E-state index contributed by atoms with van der Waals surface area (Å²) in [4.78, 5) is 12.6. The number of aryl methyl sites for hydroxylation is 2. The number of fused-ring (bicyclic) bond motifs is 1. The van der Waals surface area contributed by atoms with Gasteiger partial charge < -0.3 is 14.8 Å². The molecule has 0 saturated heterocycles. The van der Waals surface area contributed by atoms with Gasteiger partial charge in [0.25, 0.3) is 0 Å². The summed E-state index contributed by atoms with van der Waals surface area (Å²) in [5, 5.41) is 7.89. The molecule has 2 heterocycles. The van der Waals surface area contributed by atoms with Crippen LogP contribution in [0.2, 0.25) is 0 Å². The van der Waals surface area contributed by atoms with Gasteiger partial charge in [-0.1, -0.05) is 42.5 Å². The molecule has 1 aliphatic heterocycles. The van der Waals surface area contributed by atoms with Crippen molar-refractivity contribution in [1.29, 1.82) is 0 Å². The predicted octanol–water partition coefficient (Wildman–Crippen LogP) is 4.83. The molecular formula is C27H25N3O3. The van der Waals surface area contributed by atoms with Gasteiger partial charge in [-0.3, -0.25) is 4.79 Å². The maximum atomic E-state index is 12.6. The van der Waals surface area contributed by atoms with Crippen molar-refractivity contribution in [3.63, 3.8) is 0 Å². The fraction of sp³-hybridized carbons (Fsp3) is 0.185. The van der Waals surface area contributed by atoms with Crippen molar-refractivity contribution in [2.24, 2.45) is 0 Å². The van der Waals surface area contributed by atoms with Crippen LogP contribution < -0.4 is 14.8 Å². The third-order valence-electron chi connectivity index (χ3n) is 5.82. The normalized spacial score (nSPS) is 12.0. The number of hydrogen-bond acceptors (Lipinski definition) is 4. The third kappa shape index (κ3) is 4.60. The summed E-state index contributed by atoms with van der Waals surface area (Å²) in [6.07, 6.45) is 2.96. The Bertz CT molecular complexity index is 1280. The average molecular weight is 440 g/mol. The second kappa shape index (κ2) is 9.20. The van der Waals surface area contributed by atoms with Crippen molar-refractivity contribution in [1.82, 2.24) is 15.1 Å². The van der Waals surface area contributed by atoms with E-state index in [4.69, 9.17) is 14.6 Å². The van der Waals surface area contributed by atoms with Crippen molar-refractivity contribution < 1.29 is 14.3 Å². The summed E-state index contributed by atoms with van der Waals surface area (Å²) in [6.45, 7) is 2.81. The number of hydrogen-bond donors (Lipinski definition) is 1. The van der Waals surface area contributed by atoms with E-state index in [1.165, 1.54) is 5.56 Å². The number of ether oxygens (including phenoxy) is 2. The summed E-state index contributed by atoms with van der Waals surface area (Å²) < 4.78 is 12.9. The van der Waals surface area contributed by atoms with Gasteiger partial charge in [0.05, 0.1) is 11.4 Å². The van der Waals surface area contributed by atoms with Gasteiger partial charge in [0.15, 0.2) is 11.5 Å². The topological polar surface area (TPSA) is 65.4 Å². The SMILES string of the molecule is Cc1ccccc1CNC(=O)CCc1cn(-c2ccccc2)nc1-c1ccc2c(c1)OCO2. The maximum absolute atomic E-state index is 12.6. The van der Waals surface area contributed by atoms with Gasteiger partial charge in [-0.25, -0.2) is 4.68 Å². The highest BCUT2D eigenvalue weighted by Gasteiger charge is 2.18. The van der Waals surface area contributed by atoms with Gasteiger partial charge in [0.2, 0.25) is 12.7 Å². The Morgan fingerprint density at radius 3 is 2.61 bits per heavy atom. The molecule has 3 aromatic carbocycles. The molecule has 0 unspecified atom stereocenters. The predicted molar refractivity (Wildman–Crippen MR) is 126 cm³/mol. The lowest BCUT2D eigenvalue weighted by molar-refractivity contribution is -0.121. The van der Waals surface area contributed by atoms with Gasteiger partial charge >= 0.3 is 0 Å². The maximum Gasteiger partial charge on any atom is 0.231 e. The number of nitrogens with one attached hydrogen (secondary N) is 1. The fourth-order valence-electron chi connectivity index (χ4n) is 3.93. The molecule has 1 aromatic heterocycles. The average Bonchev–Trinajstić information content (AvgIpc) is 3.49. The van der Waals surface area contributed by atoms with Crippen LogP contribution in [0.1, 0.15) is 23.1 Å². The number of nitrogens with zero attached hydrogens (tertiary/aromatic N) is 2. The smallest absolute Gasteiger partial charge is 0.231 e. The Morgan fingerprint density at radius 1 is 0.970 bits per heavy atom. The first-order valence-corrected chi connectivity index (χ1v) is 11.0. The van der Waals surface area contributed by atoms with E-state index in [0.717, 1.165) is 33.8 Å². The Kier molecular flexibility index (Phi) is 5.81. The van der Waals surface area contributed by atoms with Crippen molar-refractivity contribution in [3.8, 4) is 28.4 Å². The van der Waals surface area contributed by atoms with E-state index in [-0.39, 0.29) is 12.7 Å². The van der Waals surface area contributed by atoms with Gasteiger partial charge in [-0.15, -0.1) is 0 Å². The van der Waals surface area contributed by atoms with E-state index in [1.807, 2.05) is 77.6 Å². The molecule has 1 amide bonds. The summed E-state index contributed by atoms with van der Waals surface area (Å²) in [6, 6.07) is 23.9. The first kappa shape index (κ1) is 20.8. The molecule has 6 nitrogen and oxygen atoms in total. The highest BCUT2D eigenvalue weighted by atomic mass is 16.7. The highest BCUT2D eigenvalue weighted by molar-refractivity contribution is 5.77. The van der Waals surface area contributed by atoms with E-state index in [2.05, 4.69) is 18.3 Å². The van der Waals surface area contributed by atoms with Crippen LogP contribution in [0.15, 0.2) is 79.0 Å². The molecule has 0 aliphatic carbocycles. The molecule has 0 radical (unpaired) electrons. The monoisotopic (exact) mass is 439 g/mol. The van der Waals surface area contributed by atoms with Gasteiger partial charge in [0.1, 0.15) is 0 Å². The van der Waals surface area contributed by atoms with E-state index in [9.17, 15) is 4.79 Å². The zero-order valence-corrected chi connectivity index (χ0v) is 18.5. The van der Waals surface area contributed by atoms with E-state index in [0.29, 0.717) is 25.1 Å². The number of rotatable bonds is 7. The first-order valence-electron chi connectivity index (χ1n) is 11.0. The third-order valence-corrected chi connectivity index (χ3v) is 5.82. The minimum Gasteiger partial charge on any atom is -0.454 e. The highest BCUT2D eigenvalue weighted by Crippen LogP contribution is 2.36. The van der Waals surface area contributed by atoms with Gasteiger partial charge in [-0.2, -0.15) is 5.10 Å². The molecule has 166 valence electrons. The number of carbonyl (C=O) groups excluding carboxylic acids is 1. The minimum atomic E-state index is 0.0161. The number of carbonyl (C=O) groups is 1. The van der Waals surface area contributed by atoms with Gasteiger partial charge in [0, 0.05) is 24.7 Å². The Morgan fingerprint density at radius 2 is 1.76 bits per heavy atom. The zero-order chi connectivity index (χ0) is 22.6. The Labute approximate surface area is 192 Å². The fourth-order valence-corrected chi connectivity index (χ4v) is 3.93. The summed E-state index contributed by atoms with van der Waals surface area (Å²) in [5.74, 6) is 1.46. The number of benzene rings is 3. The molecule has 1 N–H and O–H groups in total. The van der Waals surface area contributed by atoms with Crippen molar-refractivity contribution in [2.45, 2.75) is 26.3 Å². The van der Waals surface area contributed by atoms with Crippen LogP contribution in [0.3, 0.4) is 0 Å². The van der Waals surface area contributed by atoms with Crippen LogP contribution in [-0.4, -0.2) is 22.5 Å². The van der Waals surface area contributed by atoms with E-state index >= 15 is 0 Å². The van der Waals surface area contributed by atoms with E-state index in [1.54, 1.807) is 0 Å². The molecule has 0 atom stereocenters. The van der Waals surface area contributed by atoms with Crippen molar-refractivity contribution >= 4 is 5.91 Å². The molecule has 33 heavy (non-hydrogen) atoms. The second-order valence-corrected chi connectivity index (χ2v) is 8.05. The summed E-state index contributed by atoms with van der Waals surface area (Å²) in [5.41, 5.74) is 6.04. The number of amides is 1.